The number of hydrogen-bond acceptors (Lipinski definition) is 10. The second kappa shape index (κ2) is 31.7. The molecule has 4 aliphatic heterocycles. The summed E-state index contributed by atoms with van der Waals surface area (Å²) in [6.07, 6.45) is 33.5. The summed E-state index contributed by atoms with van der Waals surface area (Å²) < 4.78 is 34.6. The molecule has 10 nitrogen and oxygen atoms in total. The minimum absolute atomic E-state index is 0.0118. The van der Waals surface area contributed by atoms with E-state index in [1.165, 1.54) is 212 Å². The molecular formula is C90H114O10S4+4. The number of aryl methyl sites for hydroxylation is 4. The molecule has 12 saturated carbocycles. The van der Waals surface area contributed by atoms with Gasteiger partial charge in [0.15, 0.2) is 32.8 Å². The first kappa shape index (κ1) is 72.9. The largest absolute Gasteiger partial charge is 0.481 e. The molecule has 0 unspecified atom stereocenters. The molecule has 4 heterocycles. The van der Waals surface area contributed by atoms with Crippen molar-refractivity contribution in [1.82, 2.24) is 0 Å². The number of ether oxygens (including phenoxy) is 6. The number of hydrogen-bond donors (Lipinski definition) is 0. The number of carbonyl (C=O) groups excluding carboxylic acids is 4. The van der Waals surface area contributed by atoms with Crippen molar-refractivity contribution in [2.75, 3.05) is 66.3 Å². The van der Waals surface area contributed by atoms with E-state index in [2.05, 4.69) is 117 Å². The lowest BCUT2D eigenvalue weighted by molar-refractivity contribution is -0.172. The zero-order valence-corrected chi connectivity index (χ0v) is 66.0. The molecule has 22 rings (SSSR count). The highest BCUT2D eigenvalue weighted by molar-refractivity contribution is 7.98. The first-order valence-corrected chi connectivity index (χ1v) is 46.8. The summed E-state index contributed by atoms with van der Waals surface area (Å²) in [4.78, 5) is 56.4. The molecule has 6 aromatic carbocycles. The molecule has 0 spiro atoms. The van der Waals surface area contributed by atoms with Gasteiger partial charge < -0.3 is 28.4 Å². The summed E-state index contributed by atoms with van der Waals surface area (Å²) in [6, 6.07) is 34.5. The predicted molar refractivity (Wildman–Crippen MR) is 425 cm³/mol. The molecule has 16 aliphatic rings. The third kappa shape index (κ3) is 15.7. The Bertz CT molecular complexity index is 3970. The third-order valence-corrected chi connectivity index (χ3v) is 36.9. The Morgan fingerprint density at radius 1 is 0.375 bits per heavy atom. The predicted octanol–water partition coefficient (Wildman–Crippen LogP) is 19.3. The summed E-state index contributed by atoms with van der Waals surface area (Å²) in [5.74, 6) is 21.1. The van der Waals surface area contributed by atoms with E-state index in [-0.39, 0.29) is 54.0 Å². The Balaban J connectivity index is 0.000000108. The molecule has 0 radical (unpaired) electrons. The SMILES string of the molecule is COC(=O)COc1ccc([S+]2CCCC2)c2ccccc12.Cc1cc([S+]2CCCC2)cc(C)c1OC(=O)C12CC3CC(CC(C3)C1)C2.Cc1cc([S+]2CCCCC2)cc(C)c1OC(=O)C12CC3CC(CC(C3)C1)C2.O=C(COc1ccc([S+]2CCCC2)c2ccccc12)OC1C2CC3CC(C2)CC1C3. The molecule has 6 aromatic rings. The summed E-state index contributed by atoms with van der Waals surface area (Å²) in [5.41, 5.74) is 4.27. The van der Waals surface area contributed by atoms with Gasteiger partial charge in [0, 0.05) is 65.1 Å². The van der Waals surface area contributed by atoms with Gasteiger partial charge in [-0.25, -0.2) is 9.59 Å². The quantitative estimate of drug-likeness (QED) is 0.0558. The van der Waals surface area contributed by atoms with Gasteiger partial charge in [-0.1, -0.05) is 36.4 Å². The van der Waals surface area contributed by atoms with E-state index >= 15 is 0 Å². The average Bonchev–Trinajstić information content (AvgIpc) is 0.910. The minimum Gasteiger partial charge on any atom is -0.481 e. The van der Waals surface area contributed by atoms with Gasteiger partial charge in [0.1, 0.15) is 75.1 Å². The van der Waals surface area contributed by atoms with Gasteiger partial charge in [-0.3, -0.25) is 9.59 Å². The highest BCUT2D eigenvalue weighted by Gasteiger charge is 2.58. The van der Waals surface area contributed by atoms with Crippen LogP contribution in [0.1, 0.15) is 189 Å². The van der Waals surface area contributed by atoms with Crippen LogP contribution in [0.3, 0.4) is 0 Å². The number of rotatable bonds is 15. The zero-order valence-electron chi connectivity index (χ0n) is 62.8. The molecule has 0 atom stereocenters. The second-order valence-electron chi connectivity index (χ2n) is 34.5. The van der Waals surface area contributed by atoms with E-state index in [0.29, 0.717) is 55.4 Å². The second-order valence-corrected chi connectivity index (χ2v) is 43.5. The minimum atomic E-state index is -0.360. The van der Waals surface area contributed by atoms with Crippen LogP contribution in [0.15, 0.2) is 117 Å². The maximum Gasteiger partial charge on any atom is 0.344 e. The van der Waals surface area contributed by atoms with E-state index in [0.717, 1.165) is 142 Å². The summed E-state index contributed by atoms with van der Waals surface area (Å²) in [5, 5.41) is 4.75. The van der Waals surface area contributed by atoms with E-state index in [4.69, 9.17) is 23.7 Å². The van der Waals surface area contributed by atoms with Crippen molar-refractivity contribution in [2.45, 2.75) is 220 Å². The van der Waals surface area contributed by atoms with E-state index in [9.17, 15) is 19.2 Å². The Hall–Kier alpha value is -5.28. The molecule has 0 N–H and O–H groups in total. The molecule has 104 heavy (non-hydrogen) atoms. The monoisotopic (exact) mass is 1480 g/mol. The van der Waals surface area contributed by atoms with Crippen molar-refractivity contribution in [1.29, 1.82) is 0 Å². The first-order chi connectivity index (χ1) is 50.6. The Morgan fingerprint density at radius 2 is 0.692 bits per heavy atom. The molecule has 12 bridgehead atoms. The fourth-order valence-corrected chi connectivity index (χ4v) is 33.1. The lowest BCUT2D eigenvalue weighted by Crippen LogP contribution is -2.51. The van der Waals surface area contributed by atoms with Crippen molar-refractivity contribution in [3.05, 3.63) is 119 Å². The molecule has 14 heteroatoms. The Labute approximate surface area is 631 Å². The lowest BCUT2D eigenvalue weighted by Gasteiger charge is -2.55. The summed E-state index contributed by atoms with van der Waals surface area (Å²) in [7, 11) is 2.91. The van der Waals surface area contributed by atoms with Crippen LogP contribution in [-0.4, -0.2) is 96.3 Å². The van der Waals surface area contributed by atoms with Crippen LogP contribution >= 0.6 is 0 Å². The highest BCUT2D eigenvalue weighted by atomic mass is 32.2. The molecule has 4 saturated heterocycles. The molecule has 12 aliphatic carbocycles. The maximum atomic E-state index is 13.3. The lowest BCUT2D eigenvalue weighted by atomic mass is 9.49. The van der Waals surface area contributed by atoms with E-state index < -0.39 is 0 Å². The van der Waals surface area contributed by atoms with Gasteiger partial charge in [0.05, 0.1) is 17.9 Å². The van der Waals surface area contributed by atoms with Crippen LogP contribution in [0.4, 0.5) is 0 Å². The third-order valence-electron chi connectivity index (χ3n) is 26.9. The van der Waals surface area contributed by atoms with Crippen molar-refractivity contribution in [3.8, 4) is 23.0 Å². The fraction of sp³-hybridized carbons (Fsp3) is 0.600. The molecule has 16 fully saturated rings. The van der Waals surface area contributed by atoms with Crippen molar-refractivity contribution >= 4 is 89.0 Å². The normalized spacial score (nSPS) is 30.6. The number of methoxy groups -OCH3 is 1. The van der Waals surface area contributed by atoms with Crippen LogP contribution in [0.5, 0.6) is 23.0 Å². The number of fused-ring (bicyclic) bond motifs is 2. The summed E-state index contributed by atoms with van der Waals surface area (Å²) in [6.45, 7) is 8.47. The highest BCUT2D eigenvalue weighted by Crippen LogP contribution is 2.62. The van der Waals surface area contributed by atoms with Crippen LogP contribution in [0, 0.1) is 97.7 Å². The zero-order chi connectivity index (χ0) is 71.2. The van der Waals surface area contributed by atoms with E-state index in [1.807, 2.05) is 12.1 Å². The van der Waals surface area contributed by atoms with Gasteiger partial charge in [-0.05, 0) is 337 Å². The maximum absolute atomic E-state index is 13.3. The molecule has 0 aromatic heterocycles. The standard InChI is InChI=1S/C26H31O3S.C24H33O2S.C23H31O2S.C17H19O3S/c27-25(29-26-19-12-17-11-18(14-19)15-20(26)13-17)16-28-23-7-8-24(30-9-3-4-10-30)22-6-2-1-5-21(22)23;1-16-8-21(27-6-4-3-5-7-27)9-17(2)22(16)26-23(25)24-13-18-10-19(14-24)12-20(11-18)15-24;1-15-7-20(26-5-3-4-6-26)8-16(2)21(15)25-22(24)23-12-17-9-18(13-23)11-19(10-17)14-23;1-19-17(18)12-20-15-8-9-16(21-10-4-5-11-21)14-7-3-2-6-13(14)15/h1-2,5-8,17-20,26H,3-4,9-16H2;8-9,18-20H,3-7,10-15H2,1-2H3;7-8,17-19H,3-6,9-14H2,1-2H3;2-3,6-9H,4-5,10-12H2,1H3/q4*+1. The number of esters is 4. The molecule has 0 amide bonds. The Kier molecular flexibility index (Phi) is 22.2. The summed E-state index contributed by atoms with van der Waals surface area (Å²) >= 11 is 0. The van der Waals surface area contributed by atoms with Gasteiger partial charge in [0.2, 0.25) is 0 Å². The number of carbonyl (C=O) groups is 4. The van der Waals surface area contributed by atoms with Crippen LogP contribution < -0.4 is 18.9 Å². The van der Waals surface area contributed by atoms with Crippen LogP contribution in [0.25, 0.3) is 21.5 Å². The topological polar surface area (TPSA) is 124 Å². The van der Waals surface area contributed by atoms with E-state index in [1.54, 1.807) is 0 Å². The van der Waals surface area contributed by atoms with Crippen molar-refractivity contribution in [3.63, 3.8) is 0 Å². The number of benzene rings is 6. The Morgan fingerprint density at radius 3 is 1.05 bits per heavy atom. The van der Waals surface area contributed by atoms with Gasteiger partial charge >= 0.3 is 23.9 Å². The molecule has 554 valence electrons. The van der Waals surface area contributed by atoms with Gasteiger partial charge in [-0.15, -0.1) is 0 Å². The molecular weight excluding hydrogens is 1370 g/mol. The smallest absolute Gasteiger partial charge is 0.344 e. The van der Waals surface area contributed by atoms with Crippen molar-refractivity contribution in [2.24, 2.45) is 70.0 Å². The van der Waals surface area contributed by atoms with Gasteiger partial charge in [-0.2, -0.15) is 0 Å². The van der Waals surface area contributed by atoms with Crippen LogP contribution in [0.2, 0.25) is 0 Å². The van der Waals surface area contributed by atoms with Crippen molar-refractivity contribution < 1.29 is 47.6 Å². The van der Waals surface area contributed by atoms with Gasteiger partial charge in [0.25, 0.3) is 0 Å². The average molecular weight is 1480 g/mol. The fourth-order valence-electron chi connectivity index (χ4n) is 23.1. The first-order valence-electron chi connectivity index (χ1n) is 40.5. The van der Waals surface area contributed by atoms with Crippen LogP contribution in [-0.2, 0) is 72.2 Å².